The van der Waals surface area contributed by atoms with Crippen molar-refractivity contribution in [3.05, 3.63) is 36.4 Å². The van der Waals surface area contributed by atoms with E-state index in [2.05, 4.69) is 4.98 Å². The van der Waals surface area contributed by atoms with Crippen LogP contribution in [-0.4, -0.2) is 17.8 Å². The molecule has 102 valence electrons. The predicted molar refractivity (Wildman–Crippen MR) is 76.8 cm³/mol. The van der Waals surface area contributed by atoms with Gasteiger partial charge < -0.3 is 9.05 Å². The highest BCUT2D eigenvalue weighted by Crippen LogP contribution is 2.48. The molecular weight excluding hydrogens is 261 g/mol. The minimum Gasteiger partial charge on any atom is -0.406 e. The minimum atomic E-state index is -3.08. The van der Waals surface area contributed by atoms with E-state index in [9.17, 15) is 4.57 Å². The van der Waals surface area contributed by atoms with Crippen LogP contribution in [0.2, 0.25) is 0 Å². The predicted octanol–water partition coefficient (Wildman–Crippen LogP) is 4.25. The van der Waals surface area contributed by atoms with Gasteiger partial charge in [-0.3, -0.25) is 0 Å². The maximum absolute atomic E-state index is 12.4. The normalized spacial score (nSPS) is 14.2. The molecule has 0 aliphatic heterocycles. The number of pyridine rings is 1. The Morgan fingerprint density at radius 3 is 2.68 bits per heavy atom. The Hall–Kier alpha value is -1.38. The Morgan fingerprint density at radius 1 is 1.16 bits per heavy atom. The molecule has 0 aliphatic rings. The summed E-state index contributed by atoms with van der Waals surface area (Å²) in [5.41, 5.74) is 0.819. The second kappa shape index (κ2) is 6.18. The Kier molecular flexibility index (Phi) is 4.56. The van der Waals surface area contributed by atoms with Gasteiger partial charge in [0.15, 0.2) is 0 Å². The quantitative estimate of drug-likeness (QED) is 0.741. The molecule has 0 N–H and O–H groups in total. The van der Waals surface area contributed by atoms with E-state index in [1.807, 2.05) is 37.3 Å². The molecule has 1 heterocycles. The molecule has 5 heteroatoms. The van der Waals surface area contributed by atoms with E-state index >= 15 is 0 Å². The van der Waals surface area contributed by atoms with E-state index in [1.54, 1.807) is 13.0 Å². The fourth-order valence-electron chi connectivity index (χ4n) is 1.85. The number of benzene rings is 1. The smallest absolute Gasteiger partial charge is 0.380 e. The van der Waals surface area contributed by atoms with Crippen molar-refractivity contribution in [2.45, 2.75) is 20.3 Å². The van der Waals surface area contributed by atoms with Crippen molar-refractivity contribution >= 4 is 18.5 Å². The molecule has 1 atom stereocenters. The first kappa shape index (κ1) is 14.0. The number of fused-ring (bicyclic) bond motifs is 1. The van der Waals surface area contributed by atoms with Crippen LogP contribution in [0.4, 0.5) is 0 Å². The molecule has 0 amide bonds. The van der Waals surface area contributed by atoms with E-state index in [0.717, 1.165) is 17.3 Å². The van der Waals surface area contributed by atoms with E-state index in [4.69, 9.17) is 9.05 Å². The third-order valence-electron chi connectivity index (χ3n) is 2.63. The van der Waals surface area contributed by atoms with Gasteiger partial charge in [-0.05, 0) is 25.5 Å². The largest absolute Gasteiger partial charge is 0.406 e. The minimum absolute atomic E-state index is 0.351. The van der Waals surface area contributed by atoms with Crippen LogP contribution in [0.5, 0.6) is 5.88 Å². The second-order valence-electron chi connectivity index (χ2n) is 4.19. The van der Waals surface area contributed by atoms with Crippen molar-refractivity contribution in [1.82, 2.24) is 4.98 Å². The van der Waals surface area contributed by atoms with Crippen molar-refractivity contribution in [3.8, 4) is 5.88 Å². The fraction of sp³-hybridized carbons (Fsp3) is 0.357. The molecule has 2 aromatic rings. The molecule has 0 spiro atoms. The zero-order valence-corrected chi connectivity index (χ0v) is 12.1. The van der Waals surface area contributed by atoms with Crippen LogP contribution in [0.3, 0.4) is 0 Å². The molecule has 1 unspecified atom stereocenters. The number of hydrogen-bond acceptors (Lipinski definition) is 4. The highest BCUT2D eigenvalue weighted by atomic mass is 31.2. The molecule has 0 bridgehead atoms. The van der Waals surface area contributed by atoms with Crippen LogP contribution < -0.4 is 4.52 Å². The van der Waals surface area contributed by atoms with E-state index in [1.165, 1.54) is 0 Å². The first-order chi connectivity index (χ1) is 9.17. The molecule has 0 aliphatic carbocycles. The lowest BCUT2D eigenvalue weighted by Gasteiger charge is -2.17. The molecule has 2 rings (SSSR count). The highest BCUT2D eigenvalue weighted by molar-refractivity contribution is 7.54. The number of nitrogens with zero attached hydrogens (tertiary/aromatic N) is 1. The maximum atomic E-state index is 12.4. The third-order valence-corrected chi connectivity index (χ3v) is 4.74. The average molecular weight is 279 g/mol. The van der Waals surface area contributed by atoms with Gasteiger partial charge in [-0.25, -0.2) is 9.55 Å². The summed E-state index contributed by atoms with van der Waals surface area (Å²) in [4.78, 5) is 4.35. The van der Waals surface area contributed by atoms with E-state index < -0.39 is 7.60 Å². The first-order valence-electron chi connectivity index (χ1n) is 6.46. The van der Waals surface area contributed by atoms with E-state index in [-0.39, 0.29) is 0 Å². The molecule has 4 nitrogen and oxygen atoms in total. The van der Waals surface area contributed by atoms with Gasteiger partial charge in [-0.1, -0.05) is 25.1 Å². The van der Waals surface area contributed by atoms with Crippen LogP contribution in [0.15, 0.2) is 36.4 Å². The molecule has 0 saturated carbocycles. The molecule has 1 aromatic heterocycles. The highest BCUT2D eigenvalue weighted by Gasteiger charge is 2.24. The Bertz CT molecular complexity index is 590. The van der Waals surface area contributed by atoms with Crippen molar-refractivity contribution in [1.29, 1.82) is 0 Å². The lowest BCUT2D eigenvalue weighted by molar-refractivity contribution is 0.276. The number of para-hydroxylation sites is 1. The van der Waals surface area contributed by atoms with Gasteiger partial charge in [-0.15, -0.1) is 0 Å². The Morgan fingerprint density at radius 2 is 1.95 bits per heavy atom. The topological polar surface area (TPSA) is 48.4 Å². The lowest BCUT2D eigenvalue weighted by Crippen LogP contribution is -2.03. The van der Waals surface area contributed by atoms with Gasteiger partial charge in [0, 0.05) is 11.5 Å². The summed E-state index contributed by atoms with van der Waals surface area (Å²) in [7, 11) is -3.08. The number of rotatable bonds is 6. The zero-order chi connectivity index (χ0) is 13.7. The molecule has 0 saturated heterocycles. The second-order valence-corrected chi connectivity index (χ2v) is 6.30. The van der Waals surface area contributed by atoms with Crippen molar-refractivity contribution < 1.29 is 13.6 Å². The average Bonchev–Trinajstić information content (AvgIpc) is 2.39. The Balaban J connectivity index is 2.26. The van der Waals surface area contributed by atoms with Crippen LogP contribution >= 0.6 is 7.60 Å². The summed E-state index contributed by atoms with van der Waals surface area (Å²) in [6, 6.07) is 11.4. The SMILES string of the molecule is CCCP(=O)(OCC)Oc1ccc2ccccc2n1. The maximum Gasteiger partial charge on any atom is 0.380 e. The molecule has 1 aromatic carbocycles. The summed E-state index contributed by atoms with van der Waals surface area (Å²) >= 11 is 0. The molecule has 19 heavy (non-hydrogen) atoms. The van der Waals surface area contributed by atoms with Gasteiger partial charge in [0.2, 0.25) is 5.88 Å². The summed E-state index contributed by atoms with van der Waals surface area (Å²) in [5, 5.41) is 1.02. The summed E-state index contributed by atoms with van der Waals surface area (Å²) < 4.78 is 23.2. The number of aromatic nitrogens is 1. The standard InChI is InChI=1S/C14H18NO3P/c1-3-11-19(16,17-4-2)18-14-10-9-12-7-5-6-8-13(12)15-14/h5-10H,3-4,11H2,1-2H3. The Labute approximate surface area is 113 Å². The summed E-state index contributed by atoms with van der Waals surface area (Å²) in [5.74, 6) is 0.351. The van der Waals surface area contributed by atoms with Crippen molar-refractivity contribution in [3.63, 3.8) is 0 Å². The first-order valence-corrected chi connectivity index (χ1v) is 8.18. The van der Waals surface area contributed by atoms with Crippen LogP contribution in [0, 0.1) is 0 Å². The van der Waals surface area contributed by atoms with Gasteiger partial charge in [0.05, 0.1) is 18.3 Å². The molecule has 0 fully saturated rings. The lowest BCUT2D eigenvalue weighted by atomic mass is 10.2. The molecular formula is C14H18NO3P. The monoisotopic (exact) mass is 279 g/mol. The number of hydrogen-bond donors (Lipinski definition) is 0. The van der Waals surface area contributed by atoms with Crippen molar-refractivity contribution in [2.24, 2.45) is 0 Å². The fourth-order valence-corrected chi connectivity index (χ4v) is 3.45. The van der Waals surface area contributed by atoms with Crippen LogP contribution in [-0.2, 0) is 9.09 Å². The van der Waals surface area contributed by atoms with Gasteiger partial charge in [-0.2, -0.15) is 0 Å². The van der Waals surface area contributed by atoms with Gasteiger partial charge >= 0.3 is 7.60 Å². The van der Waals surface area contributed by atoms with Crippen LogP contribution in [0.25, 0.3) is 10.9 Å². The zero-order valence-electron chi connectivity index (χ0n) is 11.2. The third kappa shape index (κ3) is 3.55. The van der Waals surface area contributed by atoms with Crippen LogP contribution in [0.1, 0.15) is 20.3 Å². The summed E-state index contributed by atoms with van der Waals surface area (Å²) in [6.07, 6.45) is 1.14. The molecule has 0 radical (unpaired) electrons. The van der Waals surface area contributed by atoms with Gasteiger partial charge in [0.1, 0.15) is 0 Å². The van der Waals surface area contributed by atoms with E-state index in [0.29, 0.717) is 18.6 Å². The summed E-state index contributed by atoms with van der Waals surface area (Å²) in [6.45, 7) is 4.12. The van der Waals surface area contributed by atoms with Crippen molar-refractivity contribution in [2.75, 3.05) is 12.8 Å². The van der Waals surface area contributed by atoms with Gasteiger partial charge in [0.25, 0.3) is 0 Å².